The van der Waals surface area contributed by atoms with Crippen molar-refractivity contribution in [1.29, 1.82) is 0 Å². The van der Waals surface area contributed by atoms with Crippen LogP contribution in [0.5, 0.6) is 0 Å². The van der Waals surface area contributed by atoms with Crippen LogP contribution in [0.1, 0.15) is 53.6 Å². The van der Waals surface area contributed by atoms with Gasteiger partial charge in [0.2, 0.25) is 5.91 Å². The monoisotopic (exact) mass is 538 g/mol. The van der Waals surface area contributed by atoms with Crippen LogP contribution in [-0.2, 0) is 14.3 Å². The zero-order valence-electron chi connectivity index (χ0n) is 22.2. The molecule has 0 saturated carbocycles. The van der Waals surface area contributed by atoms with Gasteiger partial charge in [-0.25, -0.2) is 4.79 Å². The second-order valence-corrected chi connectivity index (χ2v) is 10.0. The average molecular weight is 539 g/mol. The molecule has 6 rings (SSSR count). The molecule has 2 aliphatic rings. The molecule has 0 radical (unpaired) electrons. The number of hydrogen-bond donors (Lipinski definition) is 4. The van der Waals surface area contributed by atoms with Crippen molar-refractivity contribution in [3.05, 3.63) is 106 Å². The number of anilines is 2. The van der Waals surface area contributed by atoms with Gasteiger partial charge in [0.1, 0.15) is 12.3 Å². The molecule has 0 fully saturated rings. The molecule has 0 aliphatic carbocycles. The Kier molecular flexibility index (Phi) is 7.63. The Morgan fingerprint density at radius 1 is 1.00 bits per heavy atom. The van der Waals surface area contributed by atoms with Crippen molar-refractivity contribution < 1.29 is 19.1 Å². The first-order chi connectivity index (χ1) is 19.3. The Hall–Kier alpha value is -4.92. The summed E-state index contributed by atoms with van der Waals surface area (Å²) in [6.07, 6.45) is 1.79. The molecule has 40 heavy (non-hydrogen) atoms. The van der Waals surface area contributed by atoms with Crippen LogP contribution in [0.3, 0.4) is 0 Å². The summed E-state index contributed by atoms with van der Waals surface area (Å²) in [6, 6.07) is 18.4. The van der Waals surface area contributed by atoms with Gasteiger partial charge in [0.05, 0.1) is 12.6 Å². The highest BCUT2D eigenvalue weighted by molar-refractivity contribution is 5.89. The van der Waals surface area contributed by atoms with E-state index in [1.807, 2.05) is 50.2 Å². The van der Waals surface area contributed by atoms with Crippen LogP contribution in [0.15, 0.2) is 77.7 Å². The van der Waals surface area contributed by atoms with Crippen molar-refractivity contribution in [2.45, 2.75) is 38.3 Å². The Morgan fingerprint density at radius 3 is 2.65 bits per heavy atom. The number of benzene rings is 3. The lowest BCUT2D eigenvalue weighted by Gasteiger charge is -2.26. The summed E-state index contributed by atoms with van der Waals surface area (Å²) in [4.78, 5) is 53.0. The van der Waals surface area contributed by atoms with Crippen molar-refractivity contribution in [3.63, 3.8) is 0 Å². The van der Waals surface area contributed by atoms with E-state index >= 15 is 0 Å². The molecular formula is C31H30N4O5. The minimum atomic E-state index is -0.829. The predicted octanol–water partition coefficient (Wildman–Crippen LogP) is 5.10. The molecule has 204 valence electrons. The van der Waals surface area contributed by atoms with E-state index in [9.17, 15) is 19.2 Å². The Labute approximate surface area is 230 Å². The predicted molar refractivity (Wildman–Crippen MR) is 154 cm³/mol. The summed E-state index contributed by atoms with van der Waals surface area (Å²) in [7, 11) is 0. The zero-order valence-corrected chi connectivity index (χ0v) is 22.2. The molecular weight excluding hydrogens is 508 g/mol. The molecule has 3 aromatic carbocycles. The normalized spacial score (nSPS) is 19.4. The molecule has 1 unspecified atom stereocenters. The van der Waals surface area contributed by atoms with Gasteiger partial charge in [-0.1, -0.05) is 43.3 Å². The molecule has 4 bridgehead atoms. The van der Waals surface area contributed by atoms with Crippen LogP contribution >= 0.6 is 0 Å². The highest BCUT2D eigenvalue weighted by Gasteiger charge is 2.26. The van der Waals surface area contributed by atoms with E-state index in [1.165, 1.54) is 0 Å². The Bertz CT molecular complexity index is 1650. The van der Waals surface area contributed by atoms with Gasteiger partial charge in [0.25, 0.3) is 5.56 Å². The molecule has 2 aliphatic heterocycles. The number of fused-ring (bicyclic) bond motifs is 10. The van der Waals surface area contributed by atoms with E-state index in [1.54, 1.807) is 36.5 Å². The van der Waals surface area contributed by atoms with Gasteiger partial charge in [0.15, 0.2) is 0 Å². The van der Waals surface area contributed by atoms with Crippen LogP contribution in [0.4, 0.5) is 16.2 Å². The van der Waals surface area contributed by atoms with Crippen molar-refractivity contribution in [2.24, 2.45) is 0 Å². The van der Waals surface area contributed by atoms with E-state index < -0.39 is 18.2 Å². The Morgan fingerprint density at radius 2 is 1.85 bits per heavy atom. The Balaban J connectivity index is 1.58. The molecule has 0 spiro atoms. The molecule has 2 amide bonds. The van der Waals surface area contributed by atoms with Gasteiger partial charge in [-0.2, -0.15) is 0 Å². The molecule has 3 atom stereocenters. The summed E-state index contributed by atoms with van der Waals surface area (Å²) in [5, 5.41) is 10.3. The van der Waals surface area contributed by atoms with Crippen molar-refractivity contribution in [3.8, 4) is 0 Å². The number of aldehydes is 1. The van der Waals surface area contributed by atoms with Crippen LogP contribution < -0.4 is 21.5 Å². The standard InChI is InChI=1S/C31H30N4O5/c1-18-14-22-7-9-25(18)19(2)17-40-31(39)34-23-5-3-4-21(15-23)27(11-13-36)35-30(38)28(22)33-24-8-6-20-10-12-32-29(37)26(20)16-24/h3-10,12-16,19,27-28,33H,11,17H2,1-2H3,(H,32,37)(H,34,39)(H,35,38)/t19-,27?,28+/m0/s1. The maximum atomic E-state index is 13.9. The fourth-order valence-corrected chi connectivity index (χ4v) is 5.08. The summed E-state index contributed by atoms with van der Waals surface area (Å²) >= 11 is 0. The van der Waals surface area contributed by atoms with E-state index in [4.69, 9.17) is 4.74 Å². The molecule has 0 saturated heterocycles. The first-order valence-corrected chi connectivity index (χ1v) is 13.1. The number of carbonyl (C=O) groups excluding carboxylic acids is 3. The number of hydrogen-bond acceptors (Lipinski definition) is 6. The molecule has 1 aromatic heterocycles. The fraction of sp³-hybridized carbons (Fsp3) is 0.226. The van der Waals surface area contributed by atoms with Gasteiger partial charge in [0, 0.05) is 35.3 Å². The van der Waals surface area contributed by atoms with Gasteiger partial charge < -0.3 is 25.1 Å². The zero-order chi connectivity index (χ0) is 28.2. The number of ether oxygens (including phenoxy) is 1. The molecule has 4 N–H and O–H groups in total. The van der Waals surface area contributed by atoms with E-state index in [2.05, 4.69) is 20.9 Å². The third-order valence-corrected chi connectivity index (χ3v) is 7.15. The number of nitrogens with one attached hydrogen (secondary N) is 4. The maximum Gasteiger partial charge on any atom is 0.411 e. The number of carbonyl (C=O) groups is 3. The van der Waals surface area contributed by atoms with Gasteiger partial charge in [-0.15, -0.1) is 0 Å². The van der Waals surface area contributed by atoms with Crippen LogP contribution in [-0.4, -0.2) is 29.9 Å². The number of H-pyrrole nitrogens is 1. The number of aromatic amines is 1. The minimum absolute atomic E-state index is 0.0349. The highest BCUT2D eigenvalue weighted by atomic mass is 16.5. The van der Waals surface area contributed by atoms with E-state index in [0.29, 0.717) is 27.9 Å². The summed E-state index contributed by atoms with van der Waals surface area (Å²) in [6.45, 7) is 4.09. The van der Waals surface area contributed by atoms with Crippen molar-refractivity contribution >= 4 is 40.4 Å². The number of amides is 2. The second kappa shape index (κ2) is 11.4. The van der Waals surface area contributed by atoms with Gasteiger partial charge in [-0.05, 0) is 64.9 Å². The first kappa shape index (κ1) is 26.7. The van der Waals surface area contributed by atoms with Crippen LogP contribution in [0.25, 0.3) is 10.8 Å². The van der Waals surface area contributed by atoms with Crippen molar-refractivity contribution in [1.82, 2.24) is 10.3 Å². The second-order valence-electron chi connectivity index (χ2n) is 10.0. The smallest absolute Gasteiger partial charge is 0.411 e. The fourth-order valence-electron chi connectivity index (χ4n) is 5.08. The number of rotatable bonds is 4. The summed E-state index contributed by atoms with van der Waals surface area (Å²) < 4.78 is 5.48. The van der Waals surface area contributed by atoms with Crippen molar-refractivity contribution in [2.75, 3.05) is 17.2 Å². The van der Waals surface area contributed by atoms with E-state index in [0.717, 1.165) is 22.8 Å². The average Bonchev–Trinajstić information content (AvgIpc) is 2.94. The van der Waals surface area contributed by atoms with Gasteiger partial charge in [-0.3, -0.25) is 14.9 Å². The third-order valence-electron chi connectivity index (χ3n) is 7.15. The van der Waals surface area contributed by atoms with Crippen LogP contribution in [0, 0.1) is 6.92 Å². The number of aromatic nitrogens is 1. The number of aryl methyl sites for hydroxylation is 1. The lowest BCUT2D eigenvalue weighted by atomic mass is 9.92. The largest absolute Gasteiger partial charge is 0.449 e. The lowest BCUT2D eigenvalue weighted by Crippen LogP contribution is -2.36. The lowest BCUT2D eigenvalue weighted by molar-refractivity contribution is -0.122. The third kappa shape index (κ3) is 5.73. The minimum Gasteiger partial charge on any atom is -0.449 e. The molecule has 9 heteroatoms. The molecule has 3 heterocycles. The quantitative estimate of drug-likeness (QED) is 0.268. The number of pyridine rings is 1. The maximum absolute atomic E-state index is 13.9. The molecule has 9 nitrogen and oxygen atoms in total. The topological polar surface area (TPSA) is 129 Å². The molecule has 4 aromatic rings. The summed E-state index contributed by atoms with van der Waals surface area (Å²) in [5.74, 6) is -0.428. The van der Waals surface area contributed by atoms with Gasteiger partial charge >= 0.3 is 6.09 Å². The first-order valence-electron chi connectivity index (χ1n) is 13.1. The highest BCUT2D eigenvalue weighted by Crippen LogP contribution is 2.29. The van der Waals surface area contributed by atoms with E-state index in [-0.39, 0.29) is 30.4 Å². The summed E-state index contributed by atoms with van der Waals surface area (Å²) in [5.41, 5.74) is 4.14. The SMILES string of the molecule is Cc1cc2ccc1[C@@H](C)COC(=O)Nc1cccc(c1)C(CC=O)NC(=O)[C@@H]2Nc1ccc2cc[nH]c(=O)c2c1. The van der Waals surface area contributed by atoms with Crippen LogP contribution in [0.2, 0.25) is 0 Å².